The minimum atomic E-state index is -0.439. The monoisotopic (exact) mass is 405 g/mol. The predicted octanol–water partition coefficient (Wildman–Crippen LogP) is 5.86. The van der Waals surface area contributed by atoms with E-state index < -0.39 is 5.97 Å². The third-order valence-electron chi connectivity index (χ3n) is 4.41. The summed E-state index contributed by atoms with van der Waals surface area (Å²) in [5, 5.41) is 5.21. The van der Waals surface area contributed by atoms with E-state index in [1.165, 1.54) is 17.4 Å². The van der Waals surface area contributed by atoms with Crippen LogP contribution in [0.2, 0.25) is 0 Å². The Morgan fingerprint density at radius 2 is 1.83 bits per heavy atom. The van der Waals surface area contributed by atoms with E-state index in [0.29, 0.717) is 10.6 Å². The summed E-state index contributed by atoms with van der Waals surface area (Å²) in [6, 6.07) is 15.6. The van der Waals surface area contributed by atoms with E-state index in [2.05, 4.69) is 11.4 Å². The minimum Gasteiger partial charge on any atom is -0.462 e. The summed E-state index contributed by atoms with van der Waals surface area (Å²) < 4.78 is 5.26. The fraction of sp³-hybridized carbons (Fsp3) is 0.167. The third kappa shape index (κ3) is 5.00. The van der Waals surface area contributed by atoms with Gasteiger partial charge in [0.1, 0.15) is 10.6 Å². The first-order chi connectivity index (χ1) is 14.0. The lowest BCUT2D eigenvalue weighted by Gasteiger charge is -2.10. The average Bonchev–Trinajstić information content (AvgIpc) is 3.10. The summed E-state index contributed by atoms with van der Waals surface area (Å²) in [6.07, 6.45) is 3.19. The van der Waals surface area contributed by atoms with Crippen molar-refractivity contribution in [2.75, 3.05) is 11.9 Å². The van der Waals surface area contributed by atoms with E-state index in [1.54, 1.807) is 13.0 Å². The number of benzene rings is 2. The molecule has 0 aliphatic rings. The topological polar surface area (TPSA) is 55.4 Å². The maximum Gasteiger partial charge on any atom is 0.341 e. The van der Waals surface area contributed by atoms with Gasteiger partial charge in [-0.2, -0.15) is 0 Å². The molecule has 0 saturated heterocycles. The van der Waals surface area contributed by atoms with E-state index in [-0.39, 0.29) is 12.5 Å². The number of nitrogens with one attached hydrogen (secondary N) is 1. The number of carbonyl (C=O) groups is 2. The number of hydrogen-bond acceptors (Lipinski definition) is 4. The second kappa shape index (κ2) is 9.34. The second-order valence-corrected chi connectivity index (χ2v) is 7.51. The number of esters is 1. The van der Waals surface area contributed by atoms with Crippen LogP contribution in [0.1, 0.15) is 34.0 Å². The van der Waals surface area contributed by atoms with Crippen molar-refractivity contribution in [3.05, 3.63) is 82.2 Å². The third-order valence-corrected chi connectivity index (χ3v) is 5.30. The first-order valence-electron chi connectivity index (χ1n) is 9.40. The molecule has 3 aromatic rings. The van der Waals surface area contributed by atoms with Crippen molar-refractivity contribution in [1.29, 1.82) is 0 Å². The Balaban J connectivity index is 1.92. The molecule has 0 spiro atoms. The summed E-state index contributed by atoms with van der Waals surface area (Å²) >= 11 is 1.32. The highest BCUT2D eigenvalue weighted by Gasteiger charge is 2.23. The molecule has 1 heterocycles. The Bertz CT molecular complexity index is 1050. The molecule has 0 unspecified atom stereocenters. The van der Waals surface area contributed by atoms with Crippen molar-refractivity contribution in [2.24, 2.45) is 0 Å². The maximum atomic E-state index is 12.7. The van der Waals surface area contributed by atoms with E-state index >= 15 is 0 Å². The summed E-state index contributed by atoms with van der Waals surface area (Å²) in [6.45, 7) is 6.07. The number of ether oxygens (including phenoxy) is 1. The molecule has 148 valence electrons. The molecule has 3 rings (SSSR count). The SMILES string of the molecule is CCOC(=O)c1c(-c2ccc(C)cc2C)csc1NC(=O)/C=C/c1ccccc1. The molecular formula is C24H23NO3S. The zero-order valence-corrected chi connectivity index (χ0v) is 17.5. The minimum absolute atomic E-state index is 0.266. The van der Waals surface area contributed by atoms with Gasteiger partial charge < -0.3 is 10.1 Å². The van der Waals surface area contributed by atoms with Crippen LogP contribution >= 0.6 is 11.3 Å². The maximum absolute atomic E-state index is 12.7. The zero-order chi connectivity index (χ0) is 20.8. The average molecular weight is 406 g/mol. The fourth-order valence-electron chi connectivity index (χ4n) is 3.06. The van der Waals surface area contributed by atoms with Gasteiger partial charge in [0.2, 0.25) is 5.91 Å². The van der Waals surface area contributed by atoms with Gasteiger partial charge in [-0.25, -0.2) is 4.79 Å². The van der Waals surface area contributed by atoms with Gasteiger partial charge in [0, 0.05) is 17.0 Å². The summed E-state index contributed by atoms with van der Waals surface area (Å²) in [7, 11) is 0. The van der Waals surface area contributed by atoms with Crippen LogP contribution in [0.3, 0.4) is 0 Å². The van der Waals surface area contributed by atoms with Crippen molar-refractivity contribution in [3.8, 4) is 11.1 Å². The zero-order valence-electron chi connectivity index (χ0n) is 16.7. The lowest BCUT2D eigenvalue weighted by atomic mass is 9.97. The van der Waals surface area contributed by atoms with Crippen LogP contribution in [0.4, 0.5) is 5.00 Å². The summed E-state index contributed by atoms with van der Waals surface area (Å²) in [4.78, 5) is 25.1. The Hall–Kier alpha value is -3.18. The van der Waals surface area contributed by atoms with Crippen LogP contribution in [0.25, 0.3) is 17.2 Å². The molecule has 4 nitrogen and oxygen atoms in total. The van der Waals surface area contributed by atoms with Crippen LogP contribution in [0.15, 0.2) is 60.0 Å². The Labute approximate surface area is 174 Å². The summed E-state index contributed by atoms with van der Waals surface area (Å²) in [5.41, 5.74) is 5.26. The van der Waals surface area contributed by atoms with Gasteiger partial charge in [-0.05, 0) is 43.5 Å². The molecule has 1 N–H and O–H groups in total. The Morgan fingerprint density at radius 1 is 1.07 bits per heavy atom. The molecule has 0 bridgehead atoms. The van der Waals surface area contributed by atoms with Crippen molar-refractivity contribution in [2.45, 2.75) is 20.8 Å². The number of carbonyl (C=O) groups excluding carboxylic acids is 2. The number of anilines is 1. The molecule has 0 radical (unpaired) electrons. The Morgan fingerprint density at radius 3 is 2.52 bits per heavy atom. The normalized spacial score (nSPS) is 10.9. The van der Waals surface area contributed by atoms with Crippen molar-refractivity contribution >= 4 is 34.3 Å². The predicted molar refractivity (Wildman–Crippen MR) is 119 cm³/mol. The molecule has 5 heteroatoms. The number of rotatable bonds is 6. The standard InChI is InChI=1S/C24H23NO3S/c1-4-28-24(27)22-20(19-12-10-16(2)14-17(19)3)15-29-23(22)25-21(26)13-11-18-8-6-5-7-9-18/h5-15H,4H2,1-3H3,(H,25,26)/b13-11+. The van der Waals surface area contributed by atoms with E-state index in [9.17, 15) is 9.59 Å². The first-order valence-corrected chi connectivity index (χ1v) is 10.3. The molecule has 2 aromatic carbocycles. The molecule has 29 heavy (non-hydrogen) atoms. The van der Waals surface area contributed by atoms with Crippen LogP contribution in [0, 0.1) is 13.8 Å². The van der Waals surface area contributed by atoms with Crippen LogP contribution in [0.5, 0.6) is 0 Å². The largest absolute Gasteiger partial charge is 0.462 e. The molecule has 0 aliphatic carbocycles. The van der Waals surface area contributed by atoms with E-state index in [0.717, 1.165) is 27.8 Å². The molecule has 0 saturated carbocycles. The number of thiophene rings is 1. The molecule has 1 amide bonds. The highest BCUT2D eigenvalue weighted by Crippen LogP contribution is 2.37. The van der Waals surface area contributed by atoms with Gasteiger partial charge in [-0.1, -0.05) is 54.1 Å². The van der Waals surface area contributed by atoms with Gasteiger partial charge >= 0.3 is 5.97 Å². The summed E-state index contributed by atoms with van der Waals surface area (Å²) in [5.74, 6) is -0.737. The van der Waals surface area contributed by atoms with Crippen LogP contribution < -0.4 is 5.32 Å². The van der Waals surface area contributed by atoms with Crippen molar-refractivity contribution in [1.82, 2.24) is 0 Å². The van der Waals surface area contributed by atoms with Crippen LogP contribution in [-0.2, 0) is 9.53 Å². The van der Waals surface area contributed by atoms with Gasteiger partial charge in [-0.15, -0.1) is 11.3 Å². The van der Waals surface area contributed by atoms with Gasteiger partial charge in [0.05, 0.1) is 6.61 Å². The number of hydrogen-bond donors (Lipinski definition) is 1. The highest BCUT2D eigenvalue weighted by molar-refractivity contribution is 7.15. The molecule has 0 fully saturated rings. The fourth-order valence-corrected chi connectivity index (χ4v) is 4.01. The lowest BCUT2D eigenvalue weighted by Crippen LogP contribution is -2.12. The lowest BCUT2D eigenvalue weighted by molar-refractivity contribution is -0.111. The smallest absolute Gasteiger partial charge is 0.341 e. The highest BCUT2D eigenvalue weighted by atomic mass is 32.1. The van der Waals surface area contributed by atoms with Crippen LogP contribution in [-0.4, -0.2) is 18.5 Å². The first kappa shape index (κ1) is 20.6. The van der Waals surface area contributed by atoms with Crippen molar-refractivity contribution in [3.63, 3.8) is 0 Å². The van der Waals surface area contributed by atoms with E-state index in [1.807, 2.05) is 61.7 Å². The number of amides is 1. The molecule has 1 aromatic heterocycles. The van der Waals surface area contributed by atoms with Gasteiger partial charge in [0.15, 0.2) is 0 Å². The molecule has 0 aliphatic heterocycles. The molecule has 0 atom stereocenters. The van der Waals surface area contributed by atoms with E-state index in [4.69, 9.17) is 4.74 Å². The molecular weight excluding hydrogens is 382 g/mol. The Kier molecular flexibility index (Phi) is 6.62. The van der Waals surface area contributed by atoms with Crippen molar-refractivity contribution < 1.29 is 14.3 Å². The van der Waals surface area contributed by atoms with Gasteiger partial charge in [0.25, 0.3) is 0 Å². The van der Waals surface area contributed by atoms with Gasteiger partial charge in [-0.3, -0.25) is 4.79 Å². The number of aryl methyl sites for hydroxylation is 2. The quantitative estimate of drug-likeness (QED) is 0.413. The second-order valence-electron chi connectivity index (χ2n) is 6.63.